The molecule has 6 heteroatoms. The van der Waals surface area contributed by atoms with Crippen LogP contribution in [0.1, 0.15) is 0 Å². The third-order valence-electron chi connectivity index (χ3n) is 2.54. The number of fused-ring (bicyclic) bond motifs is 1. The first-order valence-electron chi connectivity index (χ1n) is 5.40. The molecule has 0 aliphatic heterocycles. The van der Waals surface area contributed by atoms with Crippen LogP contribution >= 0.6 is 50.5 Å². The van der Waals surface area contributed by atoms with Gasteiger partial charge in [-0.25, -0.2) is 4.98 Å². The monoisotopic (exact) mass is 372 g/mol. The molecule has 0 atom stereocenters. The number of nitrogens with zero attached hydrogens (tertiary/aromatic N) is 1. The van der Waals surface area contributed by atoms with Gasteiger partial charge in [0.15, 0.2) is 5.13 Å². The van der Waals surface area contributed by atoms with Crippen molar-refractivity contribution >= 4 is 71.5 Å². The first kappa shape index (κ1) is 13.2. The average Bonchev–Trinajstić information content (AvgIpc) is 2.76. The molecule has 0 aliphatic rings. The second kappa shape index (κ2) is 5.29. The van der Waals surface area contributed by atoms with Gasteiger partial charge in [-0.2, -0.15) is 0 Å². The van der Waals surface area contributed by atoms with E-state index in [2.05, 4.69) is 26.2 Å². The van der Waals surface area contributed by atoms with Gasteiger partial charge in [0.1, 0.15) is 0 Å². The largest absolute Gasteiger partial charge is 0.330 e. The second-order valence-corrected chi connectivity index (χ2v) is 6.59. The Bertz CT molecular complexity index is 757. The highest BCUT2D eigenvalue weighted by atomic mass is 79.9. The predicted octanol–water partition coefficient (Wildman–Crippen LogP) is 6.11. The molecular weight excluding hydrogens is 367 g/mol. The maximum Gasteiger partial charge on any atom is 0.188 e. The highest BCUT2D eigenvalue weighted by Crippen LogP contribution is 2.34. The summed E-state index contributed by atoms with van der Waals surface area (Å²) in [5.74, 6) is 0. The number of anilines is 2. The van der Waals surface area contributed by atoms with E-state index >= 15 is 0 Å². The molecule has 96 valence electrons. The normalized spacial score (nSPS) is 10.9. The zero-order valence-electron chi connectivity index (χ0n) is 9.45. The molecule has 1 heterocycles. The lowest BCUT2D eigenvalue weighted by atomic mass is 10.3. The van der Waals surface area contributed by atoms with Gasteiger partial charge in [0, 0.05) is 4.47 Å². The van der Waals surface area contributed by atoms with E-state index in [9.17, 15) is 0 Å². The van der Waals surface area contributed by atoms with Gasteiger partial charge in [-0.05, 0) is 30.3 Å². The predicted molar refractivity (Wildman–Crippen MR) is 87.1 cm³/mol. The van der Waals surface area contributed by atoms with E-state index in [0.29, 0.717) is 10.0 Å². The van der Waals surface area contributed by atoms with Gasteiger partial charge >= 0.3 is 0 Å². The quantitative estimate of drug-likeness (QED) is 0.586. The number of thiazole rings is 1. The van der Waals surface area contributed by atoms with Gasteiger partial charge < -0.3 is 5.32 Å². The van der Waals surface area contributed by atoms with E-state index in [4.69, 9.17) is 23.2 Å². The number of rotatable bonds is 2. The molecule has 0 saturated heterocycles. The van der Waals surface area contributed by atoms with Crippen LogP contribution in [0.15, 0.2) is 40.9 Å². The van der Waals surface area contributed by atoms with Gasteiger partial charge in [-0.1, -0.05) is 56.5 Å². The van der Waals surface area contributed by atoms with E-state index in [-0.39, 0.29) is 0 Å². The maximum atomic E-state index is 6.14. The Morgan fingerprint density at radius 2 is 2.00 bits per heavy atom. The lowest BCUT2D eigenvalue weighted by molar-refractivity contribution is 1.44. The summed E-state index contributed by atoms with van der Waals surface area (Å²) in [5.41, 5.74) is 1.70. The van der Waals surface area contributed by atoms with Crippen molar-refractivity contribution in [3.05, 3.63) is 50.9 Å². The van der Waals surface area contributed by atoms with E-state index in [0.717, 1.165) is 25.5 Å². The topological polar surface area (TPSA) is 24.9 Å². The number of halogens is 3. The molecule has 19 heavy (non-hydrogen) atoms. The zero-order chi connectivity index (χ0) is 13.4. The third-order valence-corrected chi connectivity index (χ3v) is 4.81. The van der Waals surface area contributed by atoms with Crippen molar-refractivity contribution in [3.8, 4) is 0 Å². The minimum Gasteiger partial charge on any atom is -0.330 e. The number of nitrogens with one attached hydrogen (secondary N) is 1. The Morgan fingerprint density at radius 3 is 2.84 bits per heavy atom. The summed E-state index contributed by atoms with van der Waals surface area (Å²) in [4.78, 5) is 4.52. The van der Waals surface area contributed by atoms with Gasteiger partial charge in [0.2, 0.25) is 0 Å². The fraction of sp³-hybridized carbons (Fsp3) is 0. The van der Waals surface area contributed by atoms with E-state index in [1.54, 1.807) is 17.4 Å². The van der Waals surface area contributed by atoms with E-state index in [1.165, 1.54) is 0 Å². The van der Waals surface area contributed by atoms with Gasteiger partial charge in [-0.15, -0.1) is 0 Å². The SMILES string of the molecule is Clc1cccc(Nc2nc3cc(Br)ccc3s2)c1Cl. The summed E-state index contributed by atoms with van der Waals surface area (Å²) in [6, 6.07) is 11.5. The Kier molecular flexibility index (Phi) is 3.67. The van der Waals surface area contributed by atoms with E-state index < -0.39 is 0 Å². The standard InChI is InChI=1S/C13H7BrCl2N2S/c14-7-4-5-11-10(6-7)18-13(19-11)17-9-3-1-2-8(15)12(9)16/h1-6H,(H,17,18). The first-order chi connectivity index (χ1) is 9.13. The van der Waals surface area contributed by atoms with Crippen LogP contribution in [-0.2, 0) is 0 Å². The van der Waals surface area contributed by atoms with Gasteiger partial charge in [-0.3, -0.25) is 0 Å². The summed E-state index contributed by atoms with van der Waals surface area (Å²) in [6.45, 7) is 0. The Morgan fingerprint density at radius 1 is 1.16 bits per heavy atom. The first-order valence-corrected chi connectivity index (χ1v) is 7.77. The second-order valence-electron chi connectivity index (χ2n) is 3.86. The number of hydrogen-bond acceptors (Lipinski definition) is 3. The lowest BCUT2D eigenvalue weighted by Gasteiger charge is -2.05. The van der Waals surface area contributed by atoms with Crippen LogP contribution in [0.2, 0.25) is 10.0 Å². The molecule has 2 nitrogen and oxygen atoms in total. The summed E-state index contributed by atoms with van der Waals surface area (Å²) < 4.78 is 2.13. The molecule has 0 radical (unpaired) electrons. The Balaban J connectivity index is 1.99. The van der Waals surface area contributed by atoms with Crippen molar-refractivity contribution < 1.29 is 0 Å². The van der Waals surface area contributed by atoms with Crippen LogP contribution in [0.5, 0.6) is 0 Å². The van der Waals surface area contributed by atoms with Crippen molar-refractivity contribution in [2.45, 2.75) is 0 Å². The molecule has 0 bridgehead atoms. The van der Waals surface area contributed by atoms with Crippen molar-refractivity contribution in [1.29, 1.82) is 0 Å². The molecule has 0 unspecified atom stereocenters. The minimum atomic E-state index is 0.504. The summed E-state index contributed by atoms with van der Waals surface area (Å²) in [6.07, 6.45) is 0. The van der Waals surface area contributed by atoms with Crippen molar-refractivity contribution in [2.75, 3.05) is 5.32 Å². The summed E-state index contributed by atoms with van der Waals surface area (Å²) in [5, 5.41) is 5.01. The molecule has 2 aromatic carbocycles. The minimum absolute atomic E-state index is 0.504. The average molecular weight is 374 g/mol. The number of hydrogen-bond donors (Lipinski definition) is 1. The maximum absolute atomic E-state index is 6.14. The molecule has 0 spiro atoms. The van der Waals surface area contributed by atoms with Crippen molar-refractivity contribution in [3.63, 3.8) is 0 Å². The van der Waals surface area contributed by atoms with Crippen LogP contribution in [0.4, 0.5) is 10.8 Å². The number of benzene rings is 2. The fourth-order valence-electron chi connectivity index (χ4n) is 1.67. The number of aromatic nitrogens is 1. The fourth-order valence-corrected chi connectivity index (χ4v) is 3.22. The molecule has 0 amide bonds. The summed E-state index contributed by atoms with van der Waals surface area (Å²) >= 11 is 17.1. The van der Waals surface area contributed by atoms with Crippen molar-refractivity contribution in [2.24, 2.45) is 0 Å². The lowest BCUT2D eigenvalue weighted by Crippen LogP contribution is -1.90. The van der Waals surface area contributed by atoms with Gasteiger partial charge in [0.05, 0.1) is 25.9 Å². The molecule has 3 aromatic rings. The zero-order valence-corrected chi connectivity index (χ0v) is 13.4. The van der Waals surface area contributed by atoms with E-state index in [1.807, 2.05) is 30.3 Å². The van der Waals surface area contributed by atoms with Crippen LogP contribution in [0.25, 0.3) is 10.2 Å². The molecule has 1 aromatic heterocycles. The smallest absolute Gasteiger partial charge is 0.188 e. The van der Waals surface area contributed by atoms with Crippen molar-refractivity contribution in [1.82, 2.24) is 4.98 Å². The Hall–Kier alpha value is -0.810. The molecule has 1 N–H and O–H groups in total. The van der Waals surface area contributed by atoms with Gasteiger partial charge in [0.25, 0.3) is 0 Å². The van der Waals surface area contributed by atoms with Crippen LogP contribution < -0.4 is 5.32 Å². The molecule has 3 rings (SSSR count). The molecule has 0 aliphatic carbocycles. The molecular formula is C13H7BrCl2N2S. The Labute approximate surface area is 132 Å². The summed E-state index contributed by atoms with van der Waals surface area (Å²) in [7, 11) is 0. The van der Waals surface area contributed by atoms with Crippen LogP contribution in [-0.4, -0.2) is 4.98 Å². The molecule has 0 fully saturated rings. The molecule has 0 saturated carbocycles. The van der Waals surface area contributed by atoms with Crippen LogP contribution in [0, 0.1) is 0 Å². The third kappa shape index (κ3) is 2.72. The highest BCUT2D eigenvalue weighted by Gasteiger charge is 2.08. The van der Waals surface area contributed by atoms with Crippen LogP contribution in [0.3, 0.4) is 0 Å². The highest BCUT2D eigenvalue weighted by molar-refractivity contribution is 9.10.